The Morgan fingerprint density at radius 2 is 1.62 bits per heavy atom. The molecular weight excluding hydrogens is 500 g/mol. The number of rotatable bonds is 6. The molecule has 3 aromatic rings. The predicted molar refractivity (Wildman–Crippen MR) is 147 cm³/mol. The van der Waals surface area contributed by atoms with Crippen molar-refractivity contribution in [2.75, 3.05) is 51.3 Å². The van der Waals surface area contributed by atoms with Gasteiger partial charge in [-0.3, -0.25) is 14.5 Å². The van der Waals surface area contributed by atoms with Gasteiger partial charge in [0, 0.05) is 18.3 Å². The standard InChI is InChI=1S/C30H30N2O7/c1-17-6-9-20(10-7-17)32-26(19-15-23(36-3)29(38-5)24(16-19)37-4)25(28(34)30(32)35)27(33)18-8-11-22-21(14-18)31(2)12-13-39-22/h6-11,14-16,26,33H,12-13H2,1-5H3/b27-25+. The van der Waals surface area contributed by atoms with E-state index in [2.05, 4.69) is 0 Å². The highest BCUT2D eigenvalue weighted by atomic mass is 16.5. The van der Waals surface area contributed by atoms with E-state index in [9.17, 15) is 14.7 Å². The van der Waals surface area contributed by atoms with E-state index in [4.69, 9.17) is 18.9 Å². The number of hydrogen-bond acceptors (Lipinski definition) is 8. The van der Waals surface area contributed by atoms with Crippen LogP contribution in [0.4, 0.5) is 11.4 Å². The Labute approximate surface area is 226 Å². The first kappa shape index (κ1) is 26.0. The zero-order valence-corrected chi connectivity index (χ0v) is 22.5. The Bertz CT molecular complexity index is 1450. The highest BCUT2D eigenvalue weighted by molar-refractivity contribution is 6.51. The molecule has 0 spiro atoms. The minimum absolute atomic E-state index is 0.0471. The first-order valence-corrected chi connectivity index (χ1v) is 12.4. The smallest absolute Gasteiger partial charge is 0.300 e. The van der Waals surface area contributed by atoms with Gasteiger partial charge in [0.25, 0.3) is 11.7 Å². The third-order valence-electron chi connectivity index (χ3n) is 7.09. The molecule has 0 radical (unpaired) electrons. The molecule has 1 fully saturated rings. The summed E-state index contributed by atoms with van der Waals surface area (Å²) in [5, 5.41) is 11.6. The second-order valence-corrected chi connectivity index (χ2v) is 9.42. The summed E-state index contributed by atoms with van der Waals surface area (Å²) in [4.78, 5) is 30.6. The Morgan fingerprint density at radius 3 is 2.23 bits per heavy atom. The van der Waals surface area contributed by atoms with Crippen molar-refractivity contribution in [2.45, 2.75) is 13.0 Å². The van der Waals surface area contributed by atoms with Crippen LogP contribution in [0.25, 0.3) is 5.76 Å². The van der Waals surface area contributed by atoms with E-state index >= 15 is 0 Å². The lowest BCUT2D eigenvalue weighted by Crippen LogP contribution is -2.29. The first-order chi connectivity index (χ1) is 18.8. The summed E-state index contributed by atoms with van der Waals surface area (Å²) >= 11 is 0. The van der Waals surface area contributed by atoms with Gasteiger partial charge in [0.05, 0.1) is 45.2 Å². The van der Waals surface area contributed by atoms with E-state index in [1.807, 2.05) is 31.0 Å². The van der Waals surface area contributed by atoms with Crippen molar-refractivity contribution < 1.29 is 33.6 Å². The van der Waals surface area contributed by atoms with E-state index in [-0.39, 0.29) is 11.3 Å². The predicted octanol–water partition coefficient (Wildman–Crippen LogP) is 4.48. The number of fused-ring (bicyclic) bond motifs is 1. The molecule has 202 valence electrons. The number of amides is 1. The number of ether oxygens (including phenoxy) is 4. The van der Waals surface area contributed by atoms with Crippen LogP contribution in [-0.2, 0) is 9.59 Å². The summed E-state index contributed by atoms with van der Waals surface area (Å²) in [6.07, 6.45) is 0. The number of benzene rings is 3. The van der Waals surface area contributed by atoms with Crippen LogP contribution in [0.15, 0.2) is 60.2 Å². The number of methoxy groups -OCH3 is 3. The molecule has 0 aliphatic carbocycles. The second-order valence-electron chi connectivity index (χ2n) is 9.42. The van der Waals surface area contributed by atoms with Crippen molar-refractivity contribution in [1.82, 2.24) is 0 Å². The quantitative estimate of drug-likeness (QED) is 0.283. The summed E-state index contributed by atoms with van der Waals surface area (Å²) in [5.74, 6) is -0.0756. The number of Topliss-reactive ketones (excluding diaryl/α,β-unsaturated/α-hetero) is 1. The van der Waals surface area contributed by atoms with Crippen LogP contribution in [0, 0.1) is 6.92 Å². The Morgan fingerprint density at radius 1 is 0.949 bits per heavy atom. The lowest BCUT2D eigenvalue weighted by atomic mass is 9.94. The molecule has 2 aliphatic rings. The molecule has 1 amide bonds. The molecule has 1 unspecified atom stereocenters. The van der Waals surface area contributed by atoms with E-state index in [1.54, 1.807) is 42.5 Å². The number of likely N-dealkylation sites (N-methyl/N-ethyl adjacent to an activating group) is 1. The number of aliphatic hydroxyl groups excluding tert-OH is 1. The fourth-order valence-corrected chi connectivity index (χ4v) is 5.03. The minimum Gasteiger partial charge on any atom is -0.507 e. The molecule has 0 bridgehead atoms. The van der Waals surface area contributed by atoms with Gasteiger partial charge in [0.15, 0.2) is 11.5 Å². The topological polar surface area (TPSA) is 97.8 Å². The van der Waals surface area contributed by atoms with Crippen molar-refractivity contribution >= 4 is 28.8 Å². The van der Waals surface area contributed by atoms with Crippen molar-refractivity contribution in [3.05, 3.63) is 76.9 Å². The van der Waals surface area contributed by atoms with Crippen LogP contribution in [0.1, 0.15) is 22.7 Å². The molecule has 5 rings (SSSR count). The molecule has 2 heterocycles. The van der Waals surface area contributed by atoms with Gasteiger partial charge < -0.3 is 29.0 Å². The largest absolute Gasteiger partial charge is 0.507 e. The SMILES string of the molecule is COc1cc(C2/C(=C(\O)c3ccc4c(c3)N(C)CCO4)C(=O)C(=O)N2c2ccc(C)cc2)cc(OC)c1OC. The van der Waals surface area contributed by atoms with Crippen LogP contribution in [0.5, 0.6) is 23.0 Å². The second kappa shape index (κ2) is 10.2. The summed E-state index contributed by atoms with van der Waals surface area (Å²) < 4.78 is 22.3. The zero-order chi connectivity index (χ0) is 27.8. The normalized spacial score (nSPS) is 18.0. The summed E-state index contributed by atoms with van der Waals surface area (Å²) in [6.45, 7) is 3.17. The Balaban J connectivity index is 1.75. The van der Waals surface area contributed by atoms with Crippen LogP contribution >= 0.6 is 0 Å². The van der Waals surface area contributed by atoms with Gasteiger partial charge in [-0.1, -0.05) is 17.7 Å². The molecule has 0 aromatic heterocycles. The maximum Gasteiger partial charge on any atom is 0.300 e. The molecule has 0 saturated carbocycles. The summed E-state index contributed by atoms with van der Waals surface area (Å²) in [6, 6.07) is 14.9. The number of aryl methyl sites for hydroxylation is 1. The average molecular weight is 531 g/mol. The summed E-state index contributed by atoms with van der Waals surface area (Å²) in [7, 11) is 6.40. The van der Waals surface area contributed by atoms with Gasteiger partial charge >= 0.3 is 0 Å². The third kappa shape index (κ3) is 4.39. The van der Waals surface area contributed by atoms with Gasteiger partial charge in [-0.05, 0) is 55.0 Å². The van der Waals surface area contributed by atoms with Crippen molar-refractivity contribution in [3.63, 3.8) is 0 Å². The number of anilines is 2. The van der Waals surface area contributed by atoms with Gasteiger partial charge in [-0.25, -0.2) is 0 Å². The number of carbonyl (C=O) groups excluding carboxylic acids is 2. The maximum atomic E-state index is 13.6. The van der Waals surface area contributed by atoms with E-state index < -0.39 is 17.7 Å². The lowest BCUT2D eigenvalue weighted by Gasteiger charge is -2.28. The summed E-state index contributed by atoms with van der Waals surface area (Å²) in [5.41, 5.74) is 3.14. The fraction of sp³-hybridized carbons (Fsp3) is 0.267. The Kier molecular flexibility index (Phi) is 6.82. The number of carbonyl (C=O) groups is 2. The van der Waals surface area contributed by atoms with E-state index in [1.165, 1.54) is 26.2 Å². The van der Waals surface area contributed by atoms with E-state index in [0.29, 0.717) is 53.0 Å². The maximum absolute atomic E-state index is 13.6. The third-order valence-corrected chi connectivity index (χ3v) is 7.09. The molecule has 9 heteroatoms. The highest BCUT2D eigenvalue weighted by Crippen LogP contribution is 2.47. The van der Waals surface area contributed by atoms with Gasteiger partial charge in [-0.15, -0.1) is 0 Å². The molecule has 3 aromatic carbocycles. The highest BCUT2D eigenvalue weighted by Gasteiger charge is 2.47. The van der Waals surface area contributed by atoms with Gasteiger partial charge in [-0.2, -0.15) is 0 Å². The average Bonchev–Trinajstić information content (AvgIpc) is 3.22. The number of ketones is 1. The number of hydrogen-bond donors (Lipinski definition) is 1. The van der Waals surface area contributed by atoms with Crippen LogP contribution in [-0.4, -0.2) is 58.3 Å². The lowest BCUT2D eigenvalue weighted by molar-refractivity contribution is -0.132. The van der Waals surface area contributed by atoms with Crippen molar-refractivity contribution in [3.8, 4) is 23.0 Å². The van der Waals surface area contributed by atoms with E-state index in [0.717, 1.165) is 11.3 Å². The van der Waals surface area contributed by atoms with Crippen LogP contribution in [0.3, 0.4) is 0 Å². The molecule has 1 atom stereocenters. The van der Waals surface area contributed by atoms with Crippen LogP contribution < -0.4 is 28.7 Å². The Hall–Kier alpha value is -4.66. The molecule has 1 saturated heterocycles. The van der Waals surface area contributed by atoms with Crippen molar-refractivity contribution in [2.24, 2.45) is 0 Å². The minimum atomic E-state index is -0.966. The first-order valence-electron chi connectivity index (χ1n) is 12.4. The molecule has 1 N–H and O–H groups in total. The fourth-order valence-electron chi connectivity index (χ4n) is 5.03. The molecule has 2 aliphatic heterocycles. The number of aliphatic hydroxyl groups is 1. The van der Waals surface area contributed by atoms with Crippen LogP contribution in [0.2, 0.25) is 0 Å². The van der Waals surface area contributed by atoms with Gasteiger partial charge in [0.1, 0.15) is 18.1 Å². The molecular formula is C30H30N2O7. The zero-order valence-electron chi connectivity index (χ0n) is 22.5. The molecule has 39 heavy (non-hydrogen) atoms. The van der Waals surface area contributed by atoms with Gasteiger partial charge in [0.2, 0.25) is 5.75 Å². The molecule has 9 nitrogen and oxygen atoms in total. The number of nitrogens with zero attached hydrogens (tertiary/aromatic N) is 2. The van der Waals surface area contributed by atoms with Crippen molar-refractivity contribution in [1.29, 1.82) is 0 Å². The monoisotopic (exact) mass is 530 g/mol.